The largest absolute Gasteiger partial charge is 0.324 e. The van der Waals surface area contributed by atoms with Crippen molar-refractivity contribution in [2.45, 2.75) is 25.3 Å². The molecule has 0 amide bonds. The molecule has 1 atom stereocenters. The lowest BCUT2D eigenvalue weighted by atomic mass is 9.78. The highest BCUT2D eigenvalue weighted by molar-refractivity contribution is 14.1. The van der Waals surface area contributed by atoms with Crippen LogP contribution in [-0.2, 0) is 0 Å². The Morgan fingerprint density at radius 1 is 1.43 bits per heavy atom. The second-order valence-electron chi connectivity index (χ2n) is 3.89. The van der Waals surface area contributed by atoms with Crippen molar-refractivity contribution in [3.8, 4) is 0 Å². The SMILES string of the molecule is NC(c1ccc(Cl)c(I)c1)C1CCC1. The second kappa shape index (κ2) is 4.37. The van der Waals surface area contributed by atoms with Crippen molar-refractivity contribution in [2.75, 3.05) is 0 Å². The van der Waals surface area contributed by atoms with Gasteiger partial charge < -0.3 is 5.73 Å². The van der Waals surface area contributed by atoms with E-state index in [1.807, 2.05) is 12.1 Å². The molecule has 2 N–H and O–H groups in total. The maximum atomic E-state index is 6.17. The molecule has 0 radical (unpaired) electrons. The topological polar surface area (TPSA) is 26.0 Å². The Labute approximate surface area is 103 Å². The first-order valence-electron chi connectivity index (χ1n) is 4.89. The van der Waals surface area contributed by atoms with Crippen LogP contribution in [0.25, 0.3) is 0 Å². The Kier molecular flexibility index (Phi) is 3.34. The molecule has 76 valence electrons. The molecule has 0 heterocycles. The van der Waals surface area contributed by atoms with Crippen LogP contribution in [0.15, 0.2) is 18.2 Å². The van der Waals surface area contributed by atoms with Crippen molar-refractivity contribution in [1.29, 1.82) is 0 Å². The van der Waals surface area contributed by atoms with E-state index in [1.165, 1.54) is 24.8 Å². The smallest absolute Gasteiger partial charge is 0.0539 e. The van der Waals surface area contributed by atoms with Crippen LogP contribution in [0.1, 0.15) is 30.9 Å². The maximum absolute atomic E-state index is 6.17. The molecule has 1 nitrogen and oxygen atoms in total. The van der Waals surface area contributed by atoms with E-state index < -0.39 is 0 Å². The number of nitrogens with two attached hydrogens (primary N) is 1. The molecule has 0 aliphatic heterocycles. The number of halogens is 2. The van der Waals surface area contributed by atoms with Gasteiger partial charge in [0.25, 0.3) is 0 Å². The van der Waals surface area contributed by atoms with Gasteiger partial charge in [0.1, 0.15) is 0 Å². The van der Waals surface area contributed by atoms with E-state index in [9.17, 15) is 0 Å². The molecular formula is C11H13ClIN. The fourth-order valence-electron chi connectivity index (χ4n) is 1.79. The lowest BCUT2D eigenvalue weighted by molar-refractivity contribution is 0.264. The zero-order valence-electron chi connectivity index (χ0n) is 7.84. The van der Waals surface area contributed by atoms with E-state index in [2.05, 4.69) is 28.7 Å². The van der Waals surface area contributed by atoms with E-state index in [1.54, 1.807) is 0 Å². The third-order valence-corrected chi connectivity index (χ3v) is 4.53. The third kappa shape index (κ3) is 2.07. The fraction of sp³-hybridized carbons (Fsp3) is 0.455. The summed E-state index contributed by atoms with van der Waals surface area (Å²) in [6, 6.07) is 6.30. The summed E-state index contributed by atoms with van der Waals surface area (Å²) in [4.78, 5) is 0. The molecule has 0 saturated heterocycles. The van der Waals surface area contributed by atoms with Crippen LogP contribution >= 0.6 is 34.2 Å². The van der Waals surface area contributed by atoms with Gasteiger partial charge >= 0.3 is 0 Å². The first-order valence-corrected chi connectivity index (χ1v) is 6.34. The highest BCUT2D eigenvalue weighted by Crippen LogP contribution is 2.36. The molecule has 1 aliphatic rings. The number of hydrogen-bond acceptors (Lipinski definition) is 1. The Bertz CT molecular complexity index is 336. The molecule has 2 rings (SSSR count). The highest BCUT2D eigenvalue weighted by Gasteiger charge is 2.25. The van der Waals surface area contributed by atoms with Gasteiger partial charge in [0.2, 0.25) is 0 Å². The third-order valence-electron chi connectivity index (χ3n) is 2.99. The minimum atomic E-state index is 0.203. The van der Waals surface area contributed by atoms with Gasteiger partial charge in [-0.3, -0.25) is 0 Å². The van der Waals surface area contributed by atoms with Crippen molar-refractivity contribution in [2.24, 2.45) is 11.7 Å². The molecule has 1 saturated carbocycles. The molecule has 1 aliphatic carbocycles. The predicted octanol–water partition coefficient (Wildman–Crippen LogP) is 3.74. The quantitative estimate of drug-likeness (QED) is 0.825. The minimum absolute atomic E-state index is 0.203. The van der Waals surface area contributed by atoms with Crippen molar-refractivity contribution < 1.29 is 0 Å². The van der Waals surface area contributed by atoms with Gasteiger partial charge in [-0.1, -0.05) is 24.1 Å². The Morgan fingerprint density at radius 2 is 2.14 bits per heavy atom. The van der Waals surface area contributed by atoms with Crippen LogP contribution in [0, 0.1) is 9.49 Å². The van der Waals surface area contributed by atoms with E-state index >= 15 is 0 Å². The molecule has 1 unspecified atom stereocenters. The summed E-state index contributed by atoms with van der Waals surface area (Å²) in [6.45, 7) is 0. The van der Waals surface area contributed by atoms with E-state index in [0.717, 1.165) is 8.59 Å². The molecule has 14 heavy (non-hydrogen) atoms. The van der Waals surface area contributed by atoms with Crippen LogP contribution in [0.2, 0.25) is 5.02 Å². The van der Waals surface area contributed by atoms with Crippen molar-refractivity contribution in [3.63, 3.8) is 0 Å². The Balaban J connectivity index is 2.18. The van der Waals surface area contributed by atoms with Crippen LogP contribution in [0.4, 0.5) is 0 Å². The van der Waals surface area contributed by atoms with Gasteiger partial charge in [-0.15, -0.1) is 0 Å². The van der Waals surface area contributed by atoms with Gasteiger partial charge in [0.15, 0.2) is 0 Å². The lowest BCUT2D eigenvalue weighted by Crippen LogP contribution is -2.26. The average Bonchev–Trinajstić information content (AvgIpc) is 2.06. The molecule has 0 aromatic heterocycles. The molecule has 1 aromatic carbocycles. The average molecular weight is 322 g/mol. The van der Waals surface area contributed by atoms with Gasteiger partial charge in [0.05, 0.1) is 5.02 Å². The first kappa shape index (κ1) is 10.7. The molecular weight excluding hydrogens is 308 g/mol. The molecule has 1 fully saturated rings. The number of hydrogen-bond donors (Lipinski definition) is 1. The van der Waals surface area contributed by atoms with Crippen LogP contribution < -0.4 is 5.73 Å². The second-order valence-corrected chi connectivity index (χ2v) is 5.46. The monoisotopic (exact) mass is 321 g/mol. The summed E-state index contributed by atoms with van der Waals surface area (Å²) in [6.07, 6.45) is 3.89. The maximum Gasteiger partial charge on any atom is 0.0539 e. The normalized spacial score (nSPS) is 19.1. The Morgan fingerprint density at radius 3 is 2.64 bits per heavy atom. The first-order chi connectivity index (χ1) is 6.68. The standard InChI is InChI=1S/C11H13ClIN/c12-9-5-4-8(6-10(9)13)11(14)7-2-1-3-7/h4-7,11H,1-3,14H2. The van der Waals surface area contributed by atoms with Crippen molar-refractivity contribution in [3.05, 3.63) is 32.4 Å². The highest BCUT2D eigenvalue weighted by atomic mass is 127. The molecule has 0 spiro atoms. The van der Waals surface area contributed by atoms with Crippen LogP contribution in [0.5, 0.6) is 0 Å². The van der Waals surface area contributed by atoms with E-state index in [-0.39, 0.29) is 6.04 Å². The molecule has 1 aromatic rings. The number of rotatable bonds is 2. The zero-order chi connectivity index (χ0) is 10.1. The van der Waals surface area contributed by atoms with Gasteiger partial charge in [0, 0.05) is 9.61 Å². The minimum Gasteiger partial charge on any atom is -0.324 e. The van der Waals surface area contributed by atoms with Crippen molar-refractivity contribution >= 4 is 34.2 Å². The fourth-order valence-corrected chi connectivity index (χ4v) is 2.45. The lowest BCUT2D eigenvalue weighted by Gasteiger charge is -2.31. The van der Waals surface area contributed by atoms with Gasteiger partial charge in [-0.2, -0.15) is 0 Å². The van der Waals surface area contributed by atoms with E-state index in [4.69, 9.17) is 17.3 Å². The molecule has 3 heteroatoms. The van der Waals surface area contributed by atoms with E-state index in [0.29, 0.717) is 5.92 Å². The summed E-state index contributed by atoms with van der Waals surface area (Å²) in [5.41, 5.74) is 7.40. The predicted molar refractivity (Wildman–Crippen MR) is 68.4 cm³/mol. The van der Waals surface area contributed by atoms with Crippen LogP contribution in [0.3, 0.4) is 0 Å². The summed E-state index contributed by atoms with van der Waals surface area (Å²) in [7, 11) is 0. The summed E-state index contributed by atoms with van der Waals surface area (Å²) < 4.78 is 1.09. The van der Waals surface area contributed by atoms with Crippen molar-refractivity contribution in [1.82, 2.24) is 0 Å². The number of benzene rings is 1. The summed E-state index contributed by atoms with van der Waals surface area (Å²) >= 11 is 8.21. The Hall–Kier alpha value is 0.200. The molecule has 0 bridgehead atoms. The van der Waals surface area contributed by atoms with Gasteiger partial charge in [-0.05, 0) is 59.0 Å². The summed E-state index contributed by atoms with van der Waals surface area (Å²) in [5.74, 6) is 0.687. The summed E-state index contributed by atoms with van der Waals surface area (Å²) in [5, 5.41) is 0.815. The van der Waals surface area contributed by atoms with Gasteiger partial charge in [-0.25, -0.2) is 0 Å². The van der Waals surface area contributed by atoms with Crippen LogP contribution in [-0.4, -0.2) is 0 Å². The zero-order valence-corrected chi connectivity index (χ0v) is 10.8.